The van der Waals surface area contributed by atoms with Gasteiger partial charge in [0.05, 0.1) is 6.10 Å². The van der Waals surface area contributed by atoms with Crippen LogP contribution in [0.2, 0.25) is 0 Å². The van der Waals surface area contributed by atoms with E-state index in [1.807, 2.05) is 6.92 Å². The van der Waals surface area contributed by atoms with E-state index in [0.29, 0.717) is 0 Å². The van der Waals surface area contributed by atoms with Gasteiger partial charge in [0, 0.05) is 0 Å². The molecule has 1 nitrogen and oxygen atoms in total. The molecule has 0 heterocycles. The highest BCUT2D eigenvalue weighted by Gasteiger charge is 2.01. The topological polar surface area (TPSA) is 20.2 Å². The van der Waals surface area contributed by atoms with Gasteiger partial charge in [-0.3, -0.25) is 0 Å². The van der Waals surface area contributed by atoms with E-state index in [4.69, 9.17) is 5.11 Å². The van der Waals surface area contributed by atoms with Gasteiger partial charge in [0.25, 0.3) is 0 Å². The first-order valence-corrected chi connectivity index (χ1v) is 7.84. The summed E-state index contributed by atoms with van der Waals surface area (Å²) in [7, 11) is 0. The highest BCUT2D eigenvalue weighted by atomic mass is 16.3. The molecule has 0 amide bonds. The molecule has 0 rings (SSSR count). The average molecular weight is 242 g/mol. The van der Waals surface area contributed by atoms with Crippen molar-refractivity contribution in [2.45, 2.75) is 97.5 Å². The summed E-state index contributed by atoms with van der Waals surface area (Å²) in [5.41, 5.74) is 0. The molecule has 0 fully saturated rings. The zero-order valence-electron chi connectivity index (χ0n) is 12.4. The molecular weight excluding hydrogens is 208 g/mol. The Kier molecular flexibility index (Phi) is 12.4. The Morgan fingerprint density at radius 3 is 1.71 bits per heavy atom. The van der Waals surface area contributed by atoms with E-state index in [2.05, 4.69) is 13.8 Å². The molecule has 0 bridgehead atoms. The lowest BCUT2D eigenvalue weighted by Gasteiger charge is -2.10. The molecule has 1 N–H and O–H groups in total. The molecule has 0 aliphatic carbocycles. The Morgan fingerprint density at radius 1 is 0.706 bits per heavy atom. The number of rotatable bonds is 12. The molecule has 0 aromatic rings. The Bertz CT molecular complexity index is 142. The van der Waals surface area contributed by atoms with Gasteiger partial charge in [0.15, 0.2) is 0 Å². The predicted molar refractivity (Wildman–Crippen MR) is 77.3 cm³/mol. The molecule has 0 radical (unpaired) electrons. The van der Waals surface area contributed by atoms with Gasteiger partial charge in [-0.25, -0.2) is 0 Å². The third-order valence-corrected chi connectivity index (χ3v) is 3.62. The smallest absolute Gasteiger partial charge is 0.0512 e. The monoisotopic (exact) mass is 242 g/mol. The van der Waals surface area contributed by atoms with Crippen LogP contribution in [-0.2, 0) is 0 Å². The second-order valence-corrected chi connectivity index (χ2v) is 5.80. The van der Waals surface area contributed by atoms with Crippen LogP contribution in [0.25, 0.3) is 0 Å². The van der Waals surface area contributed by atoms with Crippen molar-refractivity contribution in [3.8, 4) is 0 Å². The molecule has 2 unspecified atom stereocenters. The zero-order chi connectivity index (χ0) is 12.9. The van der Waals surface area contributed by atoms with Crippen LogP contribution in [0.15, 0.2) is 0 Å². The molecule has 2 atom stereocenters. The second-order valence-electron chi connectivity index (χ2n) is 5.80. The quantitative estimate of drug-likeness (QED) is 0.460. The third kappa shape index (κ3) is 13.9. The Balaban J connectivity index is 3.11. The van der Waals surface area contributed by atoms with Crippen LogP contribution in [0, 0.1) is 5.92 Å². The Hall–Kier alpha value is -0.0400. The van der Waals surface area contributed by atoms with Crippen molar-refractivity contribution in [1.29, 1.82) is 0 Å². The summed E-state index contributed by atoms with van der Waals surface area (Å²) in [5, 5.41) is 9.13. The molecule has 104 valence electrons. The van der Waals surface area contributed by atoms with E-state index in [0.717, 1.165) is 12.3 Å². The van der Waals surface area contributed by atoms with E-state index >= 15 is 0 Å². The summed E-state index contributed by atoms with van der Waals surface area (Å²) in [6, 6.07) is 0. The first-order valence-electron chi connectivity index (χ1n) is 7.84. The Morgan fingerprint density at radius 2 is 1.18 bits per heavy atom. The lowest BCUT2D eigenvalue weighted by atomic mass is 9.96. The maximum Gasteiger partial charge on any atom is 0.0512 e. The number of aliphatic hydroxyl groups excluding tert-OH is 1. The fourth-order valence-corrected chi connectivity index (χ4v) is 2.35. The third-order valence-electron chi connectivity index (χ3n) is 3.62. The minimum absolute atomic E-state index is 0.103. The van der Waals surface area contributed by atoms with Gasteiger partial charge in [-0.15, -0.1) is 0 Å². The number of hydrogen-bond donors (Lipinski definition) is 1. The molecule has 0 saturated carbocycles. The molecule has 0 aromatic carbocycles. The van der Waals surface area contributed by atoms with E-state index in [1.54, 1.807) is 0 Å². The lowest BCUT2D eigenvalue weighted by molar-refractivity contribution is 0.180. The average Bonchev–Trinajstić information content (AvgIpc) is 2.28. The van der Waals surface area contributed by atoms with E-state index in [-0.39, 0.29) is 6.10 Å². The van der Waals surface area contributed by atoms with Crippen molar-refractivity contribution in [2.24, 2.45) is 5.92 Å². The van der Waals surface area contributed by atoms with Gasteiger partial charge >= 0.3 is 0 Å². The molecule has 1 heteroatoms. The minimum Gasteiger partial charge on any atom is -0.393 e. The minimum atomic E-state index is -0.103. The van der Waals surface area contributed by atoms with Crippen molar-refractivity contribution in [3.05, 3.63) is 0 Å². The van der Waals surface area contributed by atoms with Crippen molar-refractivity contribution in [3.63, 3.8) is 0 Å². The first-order chi connectivity index (χ1) is 8.16. The van der Waals surface area contributed by atoms with Gasteiger partial charge in [-0.2, -0.15) is 0 Å². The standard InChI is InChI=1S/C16H34O/c1-4-5-9-12-15(2)13-10-7-6-8-11-14-16(3)17/h15-17H,4-14H2,1-3H3. The number of aliphatic hydroxyl groups is 1. The van der Waals surface area contributed by atoms with Crippen molar-refractivity contribution in [2.75, 3.05) is 0 Å². The first kappa shape index (κ1) is 17.0. The highest BCUT2D eigenvalue weighted by Crippen LogP contribution is 2.17. The van der Waals surface area contributed by atoms with Crippen LogP contribution in [0.3, 0.4) is 0 Å². The summed E-state index contributed by atoms with van der Waals surface area (Å²) in [4.78, 5) is 0. The normalized spacial score (nSPS) is 14.8. The highest BCUT2D eigenvalue weighted by molar-refractivity contribution is 4.55. The van der Waals surface area contributed by atoms with E-state index in [9.17, 15) is 0 Å². The number of hydrogen-bond acceptors (Lipinski definition) is 1. The molecule has 17 heavy (non-hydrogen) atoms. The zero-order valence-corrected chi connectivity index (χ0v) is 12.4. The van der Waals surface area contributed by atoms with Crippen molar-refractivity contribution >= 4 is 0 Å². The summed E-state index contributed by atoms with van der Waals surface area (Å²) in [5.74, 6) is 0.930. The lowest BCUT2D eigenvalue weighted by Crippen LogP contribution is -1.98. The van der Waals surface area contributed by atoms with Gasteiger partial charge in [0.2, 0.25) is 0 Å². The van der Waals surface area contributed by atoms with Gasteiger partial charge in [-0.1, -0.05) is 78.1 Å². The molecule has 0 saturated heterocycles. The van der Waals surface area contributed by atoms with E-state index < -0.39 is 0 Å². The SMILES string of the molecule is CCCCCC(C)CCCCCCCC(C)O. The molecule has 0 aromatic heterocycles. The van der Waals surface area contributed by atoms with Gasteiger partial charge < -0.3 is 5.11 Å². The maximum atomic E-state index is 9.13. The largest absolute Gasteiger partial charge is 0.393 e. The molecular formula is C16H34O. The predicted octanol–water partition coefficient (Wildman–Crippen LogP) is 5.31. The molecule has 0 spiro atoms. The van der Waals surface area contributed by atoms with Crippen LogP contribution >= 0.6 is 0 Å². The maximum absolute atomic E-state index is 9.13. The van der Waals surface area contributed by atoms with Crippen LogP contribution < -0.4 is 0 Å². The summed E-state index contributed by atoms with van der Waals surface area (Å²) >= 11 is 0. The van der Waals surface area contributed by atoms with Gasteiger partial charge in [-0.05, 0) is 19.3 Å². The molecule has 0 aliphatic heterocycles. The molecule has 0 aliphatic rings. The fraction of sp³-hybridized carbons (Fsp3) is 1.00. The van der Waals surface area contributed by atoms with Crippen molar-refractivity contribution in [1.82, 2.24) is 0 Å². The van der Waals surface area contributed by atoms with E-state index in [1.165, 1.54) is 64.2 Å². The second kappa shape index (κ2) is 12.4. The summed E-state index contributed by atoms with van der Waals surface area (Å²) in [6.07, 6.45) is 14.5. The fourth-order valence-electron chi connectivity index (χ4n) is 2.35. The van der Waals surface area contributed by atoms with Crippen LogP contribution in [0.4, 0.5) is 0 Å². The van der Waals surface area contributed by atoms with Crippen LogP contribution in [-0.4, -0.2) is 11.2 Å². The van der Waals surface area contributed by atoms with Crippen molar-refractivity contribution < 1.29 is 5.11 Å². The number of unbranched alkanes of at least 4 members (excludes halogenated alkanes) is 6. The van der Waals surface area contributed by atoms with Crippen LogP contribution in [0.1, 0.15) is 91.4 Å². The summed E-state index contributed by atoms with van der Waals surface area (Å²) in [6.45, 7) is 6.57. The van der Waals surface area contributed by atoms with Gasteiger partial charge in [0.1, 0.15) is 0 Å². The summed E-state index contributed by atoms with van der Waals surface area (Å²) < 4.78 is 0. The Labute approximate surface area is 109 Å². The van der Waals surface area contributed by atoms with Crippen LogP contribution in [0.5, 0.6) is 0 Å².